The summed E-state index contributed by atoms with van der Waals surface area (Å²) < 4.78 is 0. The van der Waals surface area contributed by atoms with Gasteiger partial charge in [0.2, 0.25) is 0 Å². The predicted molar refractivity (Wildman–Crippen MR) is 134 cm³/mol. The third-order valence-electron chi connectivity index (χ3n) is 9.69. The minimum absolute atomic E-state index is 1.10. The van der Waals surface area contributed by atoms with Crippen molar-refractivity contribution >= 4 is 0 Å². The van der Waals surface area contributed by atoms with Gasteiger partial charge in [-0.2, -0.15) is 0 Å². The Bertz CT molecular complexity index is 386. The van der Waals surface area contributed by atoms with Gasteiger partial charge in [0.1, 0.15) is 0 Å². The van der Waals surface area contributed by atoms with Crippen LogP contribution in [0.25, 0.3) is 0 Å². The molecule has 3 aliphatic rings. The lowest BCUT2D eigenvalue weighted by Gasteiger charge is -2.51. The van der Waals surface area contributed by atoms with E-state index in [2.05, 4.69) is 13.8 Å². The summed E-state index contributed by atoms with van der Waals surface area (Å²) >= 11 is 0. The van der Waals surface area contributed by atoms with Gasteiger partial charge in [-0.3, -0.25) is 0 Å². The summed E-state index contributed by atoms with van der Waals surface area (Å²) in [7, 11) is 0. The Morgan fingerprint density at radius 3 is 1.27 bits per heavy atom. The van der Waals surface area contributed by atoms with E-state index in [0.29, 0.717) is 0 Å². The highest BCUT2D eigenvalue weighted by atomic mass is 14.5. The number of hydrogen-bond acceptors (Lipinski definition) is 0. The molecule has 30 heavy (non-hydrogen) atoms. The molecule has 0 bridgehead atoms. The lowest BCUT2D eigenvalue weighted by atomic mass is 9.55. The third-order valence-corrected chi connectivity index (χ3v) is 9.69. The molecule has 0 heteroatoms. The molecule has 0 N–H and O–H groups in total. The first kappa shape index (κ1) is 24.6. The summed E-state index contributed by atoms with van der Waals surface area (Å²) in [6.07, 6.45) is 33.6. The van der Waals surface area contributed by atoms with Crippen LogP contribution in [0.3, 0.4) is 0 Å². The highest BCUT2D eigenvalue weighted by molar-refractivity contribution is 4.94. The zero-order chi connectivity index (χ0) is 21.0. The molecular formula is C30H56. The molecule has 0 aliphatic heterocycles. The topological polar surface area (TPSA) is 0 Å². The summed E-state index contributed by atoms with van der Waals surface area (Å²) in [5.74, 6) is 6.72. The number of hydrogen-bond donors (Lipinski definition) is 0. The Labute approximate surface area is 190 Å². The van der Waals surface area contributed by atoms with Crippen LogP contribution in [0.2, 0.25) is 0 Å². The number of fused-ring (bicyclic) bond motifs is 3. The van der Waals surface area contributed by atoms with Gasteiger partial charge < -0.3 is 0 Å². The molecule has 3 saturated carbocycles. The molecule has 0 aromatic rings. The highest BCUT2D eigenvalue weighted by Crippen LogP contribution is 2.54. The maximum Gasteiger partial charge on any atom is -0.0355 e. The van der Waals surface area contributed by atoms with E-state index >= 15 is 0 Å². The smallest absolute Gasteiger partial charge is 0.0355 e. The highest BCUT2D eigenvalue weighted by Gasteiger charge is 2.44. The fourth-order valence-corrected chi connectivity index (χ4v) is 7.94. The summed E-state index contributed by atoms with van der Waals surface area (Å²) in [6, 6.07) is 0. The summed E-state index contributed by atoms with van der Waals surface area (Å²) in [4.78, 5) is 0. The van der Waals surface area contributed by atoms with Gasteiger partial charge in [-0.05, 0) is 74.0 Å². The van der Waals surface area contributed by atoms with Crippen molar-refractivity contribution in [1.29, 1.82) is 0 Å². The van der Waals surface area contributed by atoms with Gasteiger partial charge in [0.25, 0.3) is 0 Å². The van der Waals surface area contributed by atoms with E-state index in [1.165, 1.54) is 77.0 Å². The Morgan fingerprint density at radius 1 is 0.433 bits per heavy atom. The van der Waals surface area contributed by atoms with Crippen molar-refractivity contribution in [2.75, 3.05) is 0 Å². The van der Waals surface area contributed by atoms with E-state index in [0.717, 1.165) is 35.5 Å². The van der Waals surface area contributed by atoms with Crippen molar-refractivity contribution in [3.05, 3.63) is 0 Å². The first-order chi connectivity index (χ1) is 14.8. The molecule has 0 amide bonds. The Balaban J connectivity index is 1.30. The first-order valence-corrected chi connectivity index (χ1v) is 14.8. The van der Waals surface area contributed by atoms with Crippen LogP contribution in [0.4, 0.5) is 0 Å². The SMILES string of the molecule is CCCCCCCC[C@H]1CCC2C(CCC3C[C@@H](CCCCCCCC)CCC32)C1. The average Bonchev–Trinajstić information content (AvgIpc) is 2.78. The monoisotopic (exact) mass is 416 g/mol. The van der Waals surface area contributed by atoms with Crippen LogP contribution in [-0.2, 0) is 0 Å². The van der Waals surface area contributed by atoms with Gasteiger partial charge in [-0.15, -0.1) is 0 Å². The molecule has 0 saturated heterocycles. The second-order valence-corrected chi connectivity index (χ2v) is 11.9. The van der Waals surface area contributed by atoms with Crippen LogP contribution < -0.4 is 0 Å². The van der Waals surface area contributed by atoms with Gasteiger partial charge in [-0.25, -0.2) is 0 Å². The fraction of sp³-hybridized carbons (Fsp3) is 1.00. The van der Waals surface area contributed by atoms with E-state index in [4.69, 9.17) is 0 Å². The molecule has 0 spiro atoms. The molecule has 6 atom stereocenters. The number of unbranched alkanes of at least 4 members (excludes halogenated alkanes) is 10. The van der Waals surface area contributed by atoms with Gasteiger partial charge in [0.15, 0.2) is 0 Å². The first-order valence-electron chi connectivity index (χ1n) is 14.8. The molecule has 3 aliphatic carbocycles. The van der Waals surface area contributed by atoms with Gasteiger partial charge in [-0.1, -0.05) is 117 Å². The lowest BCUT2D eigenvalue weighted by Crippen LogP contribution is -2.41. The number of rotatable bonds is 14. The minimum Gasteiger partial charge on any atom is -0.0654 e. The average molecular weight is 417 g/mol. The van der Waals surface area contributed by atoms with Crippen LogP contribution in [-0.4, -0.2) is 0 Å². The van der Waals surface area contributed by atoms with Crippen LogP contribution in [0.1, 0.15) is 155 Å². The second kappa shape index (κ2) is 14.2. The van der Waals surface area contributed by atoms with Crippen molar-refractivity contribution < 1.29 is 0 Å². The molecule has 176 valence electrons. The second-order valence-electron chi connectivity index (χ2n) is 11.9. The van der Waals surface area contributed by atoms with Crippen LogP contribution >= 0.6 is 0 Å². The normalized spacial score (nSPS) is 33.8. The minimum atomic E-state index is 1.10. The maximum atomic E-state index is 2.33. The molecule has 0 aromatic carbocycles. The molecule has 0 nitrogen and oxygen atoms in total. The Kier molecular flexibility index (Phi) is 11.7. The maximum absolute atomic E-state index is 2.33. The predicted octanol–water partition coefficient (Wildman–Crippen LogP) is 10.3. The van der Waals surface area contributed by atoms with Gasteiger partial charge in [0, 0.05) is 0 Å². The van der Waals surface area contributed by atoms with E-state index in [9.17, 15) is 0 Å². The van der Waals surface area contributed by atoms with Crippen molar-refractivity contribution in [3.63, 3.8) is 0 Å². The van der Waals surface area contributed by atoms with E-state index in [1.54, 1.807) is 64.2 Å². The quantitative estimate of drug-likeness (QED) is 0.247. The molecule has 3 fully saturated rings. The molecule has 0 heterocycles. The van der Waals surface area contributed by atoms with Crippen LogP contribution in [0.15, 0.2) is 0 Å². The zero-order valence-electron chi connectivity index (χ0n) is 21.0. The van der Waals surface area contributed by atoms with E-state index in [1.807, 2.05) is 0 Å². The van der Waals surface area contributed by atoms with E-state index in [-0.39, 0.29) is 0 Å². The summed E-state index contributed by atoms with van der Waals surface area (Å²) in [6.45, 7) is 4.66. The van der Waals surface area contributed by atoms with Crippen molar-refractivity contribution in [3.8, 4) is 0 Å². The Morgan fingerprint density at radius 2 is 0.833 bits per heavy atom. The van der Waals surface area contributed by atoms with Gasteiger partial charge in [0.05, 0.1) is 0 Å². The fourth-order valence-electron chi connectivity index (χ4n) is 7.94. The molecular weight excluding hydrogens is 360 g/mol. The third kappa shape index (κ3) is 7.85. The summed E-state index contributed by atoms with van der Waals surface area (Å²) in [5.41, 5.74) is 0. The Hall–Kier alpha value is 0. The summed E-state index contributed by atoms with van der Waals surface area (Å²) in [5, 5.41) is 0. The molecule has 4 unspecified atom stereocenters. The molecule has 0 radical (unpaired) electrons. The van der Waals surface area contributed by atoms with Gasteiger partial charge >= 0.3 is 0 Å². The molecule has 3 rings (SSSR count). The zero-order valence-corrected chi connectivity index (χ0v) is 21.0. The van der Waals surface area contributed by atoms with E-state index < -0.39 is 0 Å². The standard InChI is InChI=1S/C30H56/c1-3-5-7-9-11-13-15-25-17-21-29-27(23-25)19-20-28-24-26(18-22-30(28)29)16-14-12-10-8-6-4-2/h25-30H,3-24H2,1-2H3/t25-,26-,27?,28?,29?,30?/m0/s1. The van der Waals surface area contributed by atoms with Crippen molar-refractivity contribution in [2.45, 2.75) is 155 Å². The largest absolute Gasteiger partial charge is 0.0654 e. The lowest BCUT2D eigenvalue weighted by molar-refractivity contribution is -0.00461. The van der Waals surface area contributed by atoms with Crippen LogP contribution in [0.5, 0.6) is 0 Å². The van der Waals surface area contributed by atoms with Crippen LogP contribution in [0, 0.1) is 35.5 Å². The molecule has 0 aromatic heterocycles. The van der Waals surface area contributed by atoms with Crippen molar-refractivity contribution in [1.82, 2.24) is 0 Å². The van der Waals surface area contributed by atoms with Crippen molar-refractivity contribution in [2.24, 2.45) is 35.5 Å².